The zero-order valence-electron chi connectivity index (χ0n) is 16.7. The molecule has 0 bridgehead atoms. The molecule has 0 aliphatic heterocycles. The summed E-state index contributed by atoms with van der Waals surface area (Å²) in [6.07, 6.45) is 5.05. The normalized spacial score (nSPS) is 11.2. The quantitative estimate of drug-likeness (QED) is 0.328. The minimum absolute atomic E-state index is 0.273. The molecule has 0 aliphatic carbocycles. The third kappa shape index (κ3) is 3.14. The van der Waals surface area contributed by atoms with E-state index in [1.165, 1.54) is 0 Å². The van der Waals surface area contributed by atoms with Gasteiger partial charge >= 0.3 is 5.97 Å². The van der Waals surface area contributed by atoms with Crippen LogP contribution in [-0.2, 0) is 4.74 Å². The van der Waals surface area contributed by atoms with Crippen molar-refractivity contribution in [2.24, 2.45) is 0 Å². The molecule has 0 unspecified atom stereocenters. The Hall–Kier alpha value is -3.70. The Bertz CT molecular complexity index is 1430. The second-order valence-electron chi connectivity index (χ2n) is 7.00. The molecule has 3 heterocycles. The average molecular weight is 428 g/mol. The zero-order valence-corrected chi connectivity index (χ0v) is 17.5. The molecule has 5 nitrogen and oxygen atoms in total. The maximum absolute atomic E-state index is 13.2. The summed E-state index contributed by atoms with van der Waals surface area (Å²) in [7, 11) is 0. The SMILES string of the molecule is CCOC(=O)c1c(-c2ccccc2)c(-c2nccnc2Cl)c2c3ccccc3ccn12. The van der Waals surface area contributed by atoms with E-state index in [1.54, 1.807) is 19.3 Å². The van der Waals surface area contributed by atoms with Crippen LogP contribution < -0.4 is 0 Å². The van der Waals surface area contributed by atoms with Crippen LogP contribution in [0, 0.1) is 0 Å². The lowest BCUT2D eigenvalue weighted by atomic mass is 9.97. The van der Waals surface area contributed by atoms with Gasteiger partial charge in [-0.3, -0.25) is 4.98 Å². The molecule has 5 aromatic rings. The van der Waals surface area contributed by atoms with Crippen LogP contribution in [0.2, 0.25) is 5.15 Å². The molecule has 3 aromatic heterocycles. The fourth-order valence-corrected chi connectivity index (χ4v) is 4.22. The van der Waals surface area contributed by atoms with Gasteiger partial charge in [0, 0.05) is 35.1 Å². The number of fused-ring (bicyclic) bond motifs is 3. The number of aromatic nitrogens is 3. The first-order valence-corrected chi connectivity index (χ1v) is 10.3. The maximum Gasteiger partial charge on any atom is 0.355 e. The molecule has 6 heteroatoms. The second-order valence-corrected chi connectivity index (χ2v) is 7.36. The van der Waals surface area contributed by atoms with Crippen LogP contribution in [-0.4, -0.2) is 26.9 Å². The van der Waals surface area contributed by atoms with Crippen molar-refractivity contribution in [3.05, 3.63) is 90.1 Å². The number of benzene rings is 2. The lowest BCUT2D eigenvalue weighted by Crippen LogP contribution is -2.09. The van der Waals surface area contributed by atoms with E-state index in [4.69, 9.17) is 16.3 Å². The Morgan fingerprint density at radius 3 is 2.48 bits per heavy atom. The molecule has 0 amide bonds. The van der Waals surface area contributed by atoms with Crippen molar-refractivity contribution in [3.63, 3.8) is 0 Å². The molecule has 0 aliphatic rings. The van der Waals surface area contributed by atoms with E-state index < -0.39 is 5.97 Å². The van der Waals surface area contributed by atoms with Crippen LogP contribution >= 0.6 is 11.6 Å². The van der Waals surface area contributed by atoms with Gasteiger partial charge in [-0.15, -0.1) is 0 Å². The van der Waals surface area contributed by atoms with E-state index >= 15 is 0 Å². The first kappa shape index (κ1) is 19.3. The molecule has 0 saturated carbocycles. The van der Waals surface area contributed by atoms with Gasteiger partial charge in [0.1, 0.15) is 11.4 Å². The van der Waals surface area contributed by atoms with Gasteiger partial charge in [0.25, 0.3) is 0 Å². The number of esters is 1. The number of hydrogen-bond acceptors (Lipinski definition) is 4. The largest absolute Gasteiger partial charge is 0.461 e. The fraction of sp³-hybridized carbons (Fsp3) is 0.0800. The van der Waals surface area contributed by atoms with E-state index in [-0.39, 0.29) is 11.8 Å². The van der Waals surface area contributed by atoms with Crippen LogP contribution in [0.25, 0.3) is 38.7 Å². The van der Waals surface area contributed by atoms with Crippen molar-refractivity contribution < 1.29 is 9.53 Å². The summed E-state index contributed by atoms with van der Waals surface area (Å²) < 4.78 is 7.34. The van der Waals surface area contributed by atoms with Crippen LogP contribution in [0.1, 0.15) is 17.4 Å². The van der Waals surface area contributed by atoms with Gasteiger partial charge in [-0.2, -0.15) is 0 Å². The van der Waals surface area contributed by atoms with E-state index in [1.807, 2.05) is 71.3 Å². The van der Waals surface area contributed by atoms with E-state index in [2.05, 4.69) is 9.97 Å². The van der Waals surface area contributed by atoms with E-state index in [0.717, 1.165) is 33.0 Å². The average Bonchev–Trinajstić information content (AvgIpc) is 3.16. The van der Waals surface area contributed by atoms with Crippen LogP contribution in [0.3, 0.4) is 0 Å². The Balaban J connectivity index is 2.04. The fourth-order valence-electron chi connectivity index (χ4n) is 4.02. The lowest BCUT2D eigenvalue weighted by molar-refractivity contribution is 0.0519. The minimum atomic E-state index is -0.405. The maximum atomic E-state index is 13.2. The molecular weight excluding hydrogens is 410 g/mol. The number of rotatable bonds is 4. The summed E-state index contributed by atoms with van der Waals surface area (Å²) in [5.41, 5.74) is 4.14. The summed E-state index contributed by atoms with van der Waals surface area (Å²) >= 11 is 6.52. The zero-order chi connectivity index (χ0) is 21.4. The van der Waals surface area contributed by atoms with Gasteiger partial charge in [0.15, 0.2) is 5.15 Å². The van der Waals surface area contributed by atoms with Gasteiger partial charge in [-0.1, -0.05) is 66.2 Å². The third-order valence-corrected chi connectivity index (χ3v) is 5.52. The molecule has 31 heavy (non-hydrogen) atoms. The van der Waals surface area contributed by atoms with Crippen molar-refractivity contribution in [1.82, 2.24) is 14.4 Å². The molecule has 0 fully saturated rings. The third-order valence-electron chi connectivity index (χ3n) is 5.25. The standard InChI is InChI=1S/C25H18ClN3O2/c1-2-31-25(30)23-19(17-9-4-3-5-10-17)20(21-24(26)28-14-13-27-21)22-18-11-7-6-8-16(18)12-15-29(22)23/h3-15H,2H2,1H3. The number of hydrogen-bond donors (Lipinski definition) is 0. The predicted molar refractivity (Wildman–Crippen MR) is 122 cm³/mol. The number of carbonyl (C=O) groups excluding carboxylic acids is 1. The molecule has 0 radical (unpaired) electrons. The lowest BCUT2D eigenvalue weighted by Gasteiger charge is -2.08. The highest BCUT2D eigenvalue weighted by Gasteiger charge is 2.29. The Labute approximate surface area is 183 Å². The monoisotopic (exact) mass is 427 g/mol. The molecule has 5 rings (SSSR count). The molecular formula is C25H18ClN3O2. The molecule has 152 valence electrons. The van der Waals surface area contributed by atoms with Gasteiger partial charge < -0.3 is 9.14 Å². The van der Waals surface area contributed by atoms with Gasteiger partial charge in [-0.25, -0.2) is 9.78 Å². The van der Waals surface area contributed by atoms with Gasteiger partial charge in [-0.05, 0) is 23.9 Å². The van der Waals surface area contributed by atoms with E-state index in [0.29, 0.717) is 11.4 Å². The second kappa shape index (κ2) is 7.85. The highest BCUT2D eigenvalue weighted by atomic mass is 35.5. The minimum Gasteiger partial charge on any atom is -0.461 e. The number of pyridine rings is 1. The van der Waals surface area contributed by atoms with Crippen molar-refractivity contribution >= 4 is 33.9 Å². The highest BCUT2D eigenvalue weighted by Crippen LogP contribution is 2.43. The number of nitrogens with zero attached hydrogens (tertiary/aromatic N) is 3. The molecule has 0 atom stereocenters. The van der Waals surface area contributed by atoms with Crippen LogP contribution in [0.4, 0.5) is 0 Å². The van der Waals surface area contributed by atoms with Crippen LogP contribution in [0.15, 0.2) is 79.3 Å². The first-order chi connectivity index (χ1) is 15.2. The molecule has 0 N–H and O–H groups in total. The Morgan fingerprint density at radius 1 is 0.968 bits per heavy atom. The summed E-state index contributed by atoms with van der Waals surface area (Å²) in [4.78, 5) is 22.0. The number of ether oxygens (including phenoxy) is 1. The molecule has 0 spiro atoms. The van der Waals surface area contributed by atoms with Gasteiger partial charge in [0.2, 0.25) is 0 Å². The molecule has 0 saturated heterocycles. The van der Waals surface area contributed by atoms with Crippen molar-refractivity contribution in [2.75, 3.05) is 6.61 Å². The molecule has 2 aromatic carbocycles. The number of halogens is 1. The summed E-state index contributed by atoms with van der Waals surface area (Å²) in [6, 6.07) is 19.8. The Kier molecular flexibility index (Phi) is 4.88. The summed E-state index contributed by atoms with van der Waals surface area (Å²) in [6.45, 7) is 2.07. The van der Waals surface area contributed by atoms with Crippen molar-refractivity contribution in [1.29, 1.82) is 0 Å². The highest BCUT2D eigenvalue weighted by molar-refractivity contribution is 6.32. The van der Waals surface area contributed by atoms with E-state index in [9.17, 15) is 4.79 Å². The topological polar surface area (TPSA) is 56.5 Å². The first-order valence-electron chi connectivity index (χ1n) is 9.96. The number of carbonyl (C=O) groups is 1. The van der Waals surface area contributed by atoms with Gasteiger partial charge in [0.05, 0.1) is 12.1 Å². The smallest absolute Gasteiger partial charge is 0.355 e. The van der Waals surface area contributed by atoms with Crippen LogP contribution in [0.5, 0.6) is 0 Å². The summed E-state index contributed by atoms with van der Waals surface area (Å²) in [5, 5.41) is 2.30. The predicted octanol–water partition coefficient (Wildman–Crippen LogP) is 6.05. The van der Waals surface area contributed by atoms with Crippen molar-refractivity contribution in [3.8, 4) is 22.4 Å². The Morgan fingerprint density at radius 2 is 1.71 bits per heavy atom. The van der Waals surface area contributed by atoms with Crippen molar-refractivity contribution in [2.45, 2.75) is 6.92 Å². The summed E-state index contributed by atoms with van der Waals surface area (Å²) in [5.74, 6) is -0.405.